The molecule has 1 fully saturated rings. The van der Waals surface area contributed by atoms with Crippen LogP contribution in [-0.4, -0.2) is 40.8 Å². The summed E-state index contributed by atoms with van der Waals surface area (Å²) in [5.74, 6) is 2.72. The van der Waals surface area contributed by atoms with Crippen LogP contribution in [0.3, 0.4) is 0 Å². The lowest BCUT2D eigenvalue weighted by molar-refractivity contribution is 0.243. The fraction of sp³-hybridized carbons (Fsp3) is 0.353. The van der Waals surface area contributed by atoms with E-state index in [9.17, 15) is 0 Å². The molecule has 0 atom stereocenters. The number of aromatic nitrogens is 2. The number of hydrogen-bond donors (Lipinski definition) is 2. The minimum atomic E-state index is 0.524. The van der Waals surface area contributed by atoms with Crippen molar-refractivity contribution in [1.82, 2.24) is 15.1 Å². The summed E-state index contributed by atoms with van der Waals surface area (Å²) in [4.78, 5) is 2.33. The van der Waals surface area contributed by atoms with Crippen molar-refractivity contribution in [2.24, 2.45) is 0 Å². The number of benzene rings is 1. The first kappa shape index (κ1) is 13.7. The Morgan fingerprint density at radius 3 is 2.90 bits per heavy atom. The van der Waals surface area contributed by atoms with E-state index in [1.165, 1.54) is 0 Å². The van der Waals surface area contributed by atoms with Gasteiger partial charge >= 0.3 is 0 Å². The Hall–Kier alpha value is -2.25. The molecule has 21 heavy (non-hydrogen) atoms. The molecule has 1 aromatic heterocycles. The highest BCUT2D eigenvalue weighted by Gasteiger charge is 2.18. The van der Waals surface area contributed by atoms with Crippen molar-refractivity contribution in [2.75, 3.05) is 25.0 Å². The second kappa shape index (κ2) is 6.47. The van der Waals surface area contributed by atoms with E-state index in [0.29, 0.717) is 6.04 Å². The largest absolute Gasteiger partial charge is 0.382 e. The summed E-state index contributed by atoms with van der Waals surface area (Å²) in [6.45, 7) is 2.91. The number of nitrogens with zero attached hydrogens (tertiary/aromatic N) is 2. The second-order valence-electron chi connectivity index (χ2n) is 5.45. The maximum Gasteiger partial charge on any atom is 0.0650 e. The highest BCUT2D eigenvalue weighted by Crippen LogP contribution is 2.22. The molecule has 108 valence electrons. The number of hydrogen-bond acceptors (Lipinski definition) is 3. The van der Waals surface area contributed by atoms with Gasteiger partial charge in [-0.15, -0.1) is 6.42 Å². The summed E-state index contributed by atoms with van der Waals surface area (Å²) in [5, 5.41) is 10.6. The van der Waals surface area contributed by atoms with E-state index in [4.69, 9.17) is 6.42 Å². The van der Waals surface area contributed by atoms with Gasteiger partial charge in [0.2, 0.25) is 0 Å². The van der Waals surface area contributed by atoms with Gasteiger partial charge in [0.1, 0.15) is 0 Å². The van der Waals surface area contributed by atoms with Crippen LogP contribution in [0.4, 0.5) is 5.69 Å². The predicted octanol–water partition coefficient (Wildman–Crippen LogP) is 2.59. The zero-order valence-electron chi connectivity index (χ0n) is 12.0. The molecule has 1 aromatic carbocycles. The van der Waals surface area contributed by atoms with Gasteiger partial charge in [-0.05, 0) is 31.0 Å². The molecule has 1 aliphatic heterocycles. The Balaban J connectivity index is 1.61. The van der Waals surface area contributed by atoms with Crippen LogP contribution >= 0.6 is 0 Å². The van der Waals surface area contributed by atoms with Crippen molar-refractivity contribution >= 4 is 5.69 Å². The Labute approximate surface area is 125 Å². The molecule has 4 nitrogen and oxygen atoms in total. The zero-order chi connectivity index (χ0) is 14.5. The van der Waals surface area contributed by atoms with E-state index < -0.39 is 0 Å². The quantitative estimate of drug-likeness (QED) is 0.846. The standard InChI is InChI=1S/C17H20N4/c1-2-10-21-11-7-15(8-12-21)19-16-5-3-4-14(13-16)17-6-9-18-20-17/h1,3-6,9,13,15,19H,7-8,10-12H2,(H,18,20). The lowest BCUT2D eigenvalue weighted by Crippen LogP contribution is -2.39. The Morgan fingerprint density at radius 1 is 1.33 bits per heavy atom. The summed E-state index contributed by atoms with van der Waals surface area (Å²) in [7, 11) is 0. The third kappa shape index (κ3) is 3.45. The van der Waals surface area contributed by atoms with E-state index in [2.05, 4.69) is 50.6 Å². The average Bonchev–Trinajstić information content (AvgIpc) is 3.04. The molecule has 2 N–H and O–H groups in total. The summed E-state index contributed by atoms with van der Waals surface area (Å²) in [6.07, 6.45) is 9.41. The van der Waals surface area contributed by atoms with Crippen molar-refractivity contribution in [3.63, 3.8) is 0 Å². The van der Waals surface area contributed by atoms with Gasteiger partial charge in [-0.2, -0.15) is 5.10 Å². The number of terminal acetylenes is 1. The fourth-order valence-corrected chi connectivity index (χ4v) is 2.79. The van der Waals surface area contributed by atoms with E-state index in [0.717, 1.165) is 49.4 Å². The number of likely N-dealkylation sites (tertiary alicyclic amines) is 1. The highest BCUT2D eigenvalue weighted by molar-refractivity contribution is 5.64. The van der Waals surface area contributed by atoms with Crippen molar-refractivity contribution in [1.29, 1.82) is 0 Å². The topological polar surface area (TPSA) is 44.0 Å². The molecule has 2 aromatic rings. The normalized spacial score (nSPS) is 16.5. The maximum atomic E-state index is 5.37. The fourth-order valence-electron chi connectivity index (χ4n) is 2.79. The molecule has 0 aliphatic carbocycles. The lowest BCUT2D eigenvalue weighted by Gasteiger charge is -2.31. The number of rotatable bonds is 4. The SMILES string of the molecule is C#CCN1CCC(Nc2cccc(-c3ccn[nH]3)c2)CC1. The Morgan fingerprint density at radius 2 is 2.19 bits per heavy atom. The molecular formula is C17H20N4. The lowest BCUT2D eigenvalue weighted by atomic mass is 10.0. The van der Waals surface area contributed by atoms with Gasteiger partial charge in [0.05, 0.1) is 12.2 Å². The van der Waals surface area contributed by atoms with E-state index >= 15 is 0 Å². The van der Waals surface area contributed by atoms with Crippen LogP contribution in [0.2, 0.25) is 0 Å². The maximum absolute atomic E-state index is 5.37. The van der Waals surface area contributed by atoms with Crippen LogP contribution < -0.4 is 5.32 Å². The molecule has 1 saturated heterocycles. The molecule has 2 heterocycles. The van der Waals surface area contributed by atoms with Crippen LogP contribution in [-0.2, 0) is 0 Å². The first-order valence-electron chi connectivity index (χ1n) is 7.37. The molecule has 0 unspecified atom stereocenters. The van der Waals surface area contributed by atoms with Crippen LogP contribution in [0.5, 0.6) is 0 Å². The Kier molecular flexibility index (Phi) is 4.23. The van der Waals surface area contributed by atoms with Crippen LogP contribution in [0.15, 0.2) is 36.5 Å². The number of anilines is 1. The van der Waals surface area contributed by atoms with Gasteiger partial charge < -0.3 is 5.32 Å². The summed E-state index contributed by atoms with van der Waals surface area (Å²) in [5.41, 5.74) is 3.36. The first-order chi connectivity index (χ1) is 10.3. The van der Waals surface area contributed by atoms with Gasteiger partial charge in [0.15, 0.2) is 0 Å². The van der Waals surface area contributed by atoms with Crippen LogP contribution in [0.25, 0.3) is 11.3 Å². The van der Waals surface area contributed by atoms with Gasteiger partial charge in [0.25, 0.3) is 0 Å². The Bertz CT molecular complexity index is 604. The summed E-state index contributed by atoms with van der Waals surface area (Å²) < 4.78 is 0. The smallest absolute Gasteiger partial charge is 0.0650 e. The zero-order valence-corrected chi connectivity index (χ0v) is 12.0. The minimum absolute atomic E-state index is 0.524. The van der Waals surface area contributed by atoms with E-state index in [-0.39, 0.29) is 0 Å². The van der Waals surface area contributed by atoms with Crippen molar-refractivity contribution in [3.05, 3.63) is 36.5 Å². The molecule has 0 bridgehead atoms. The molecule has 0 amide bonds. The van der Waals surface area contributed by atoms with E-state index in [1.807, 2.05) is 6.07 Å². The third-order valence-electron chi connectivity index (χ3n) is 3.95. The van der Waals surface area contributed by atoms with Gasteiger partial charge in [0, 0.05) is 36.6 Å². The minimum Gasteiger partial charge on any atom is -0.382 e. The monoisotopic (exact) mass is 280 g/mol. The second-order valence-corrected chi connectivity index (χ2v) is 5.45. The molecule has 3 rings (SSSR count). The summed E-state index contributed by atoms with van der Waals surface area (Å²) in [6, 6.07) is 11.0. The molecule has 0 saturated carbocycles. The van der Waals surface area contributed by atoms with Crippen LogP contribution in [0, 0.1) is 12.3 Å². The van der Waals surface area contributed by atoms with Gasteiger partial charge in [-0.25, -0.2) is 0 Å². The summed E-state index contributed by atoms with van der Waals surface area (Å²) >= 11 is 0. The van der Waals surface area contributed by atoms with Crippen LogP contribution in [0.1, 0.15) is 12.8 Å². The van der Waals surface area contributed by atoms with Gasteiger partial charge in [-0.3, -0.25) is 10.00 Å². The van der Waals surface area contributed by atoms with Crippen molar-refractivity contribution < 1.29 is 0 Å². The molecule has 4 heteroatoms. The molecule has 0 radical (unpaired) electrons. The van der Waals surface area contributed by atoms with Gasteiger partial charge in [-0.1, -0.05) is 18.1 Å². The molecular weight excluding hydrogens is 260 g/mol. The third-order valence-corrected chi connectivity index (χ3v) is 3.95. The number of piperidine rings is 1. The van der Waals surface area contributed by atoms with Crippen molar-refractivity contribution in [2.45, 2.75) is 18.9 Å². The predicted molar refractivity (Wildman–Crippen MR) is 85.9 cm³/mol. The van der Waals surface area contributed by atoms with Crippen molar-refractivity contribution in [3.8, 4) is 23.6 Å². The first-order valence-corrected chi connectivity index (χ1v) is 7.37. The average molecular weight is 280 g/mol. The molecule has 0 spiro atoms. The molecule has 1 aliphatic rings. The number of nitrogens with one attached hydrogen (secondary N) is 2. The highest BCUT2D eigenvalue weighted by atomic mass is 15.1. The van der Waals surface area contributed by atoms with E-state index in [1.54, 1.807) is 6.20 Å². The number of H-pyrrole nitrogens is 1. The number of aromatic amines is 1.